The average molecular weight is 313 g/mol. The molecule has 1 saturated carbocycles. The molecule has 0 aromatic carbocycles. The lowest BCUT2D eigenvalue weighted by molar-refractivity contribution is 0.0697. The molecular formula is C19H27N3O. The van der Waals surface area contributed by atoms with Crippen molar-refractivity contribution in [1.29, 1.82) is 0 Å². The second-order valence-electron chi connectivity index (χ2n) is 7.90. The molecule has 1 spiro atoms. The zero-order chi connectivity index (χ0) is 15.9. The zero-order valence-corrected chi connectivity index (χ0v) is 14.1. The van der Waals surface area contributed by atoms with Crippen molar-refractivity contribution in [3.63, 3.8) is 0 Å². The van der Waals surface area contributed by atoms with Crippen LogP contribution in [0.25, 0.3) is 0 Å². The monoisotopic (exact) mass is 313 g/mol. The van der Waals surface area contributed by atoms with Gasteiger partial charge in [0.1, 0.15) is 5.82 Å². The molecule has 0 unspecified atom stereocenters. The van der Waals surface area contributed by atoms with Gasteiger partial charge in [0.25, 0.3) is 5.91 Å². The Kier molecular flexibility index (Phi) is 3.78. The summed E-state index contributed by atoms with van der Waals surface area (Å²) in [4.78, 5) is 21.6. The Labute approximate surface area is 138 Å². The van der Waals surface area contributed by atoms with Crippen molar-refractivity contribution < 1.29 is 4.79 Å². The van der Waals surface area contributed by atoms with Gasteiger partial charge in [0.15, 0.2) is 0 Å². The molecule has 3 fully saturated rings. The first-order valence-electron chi connectivity index (χ1n) is 9.16. The number of piperidine rings is 2. The molecule has 23 heavy (non-hydrogen) atoms. The molecular weight excluding hydrogens is 286 g/mol. The highest BCUT2D eigenvalue weighted by Gasteiger charge is 2.45. The molecule has 3 aliphatic rings. The first kappa shape index (κ1) is 15.0. The quantitative estimate of drug-likeness (QED) is 0.840. The van der Waals surface area contributed by atoms with Gasteiger partial charge in [-0.1, -0.05) is 6.92 Å². The van der Waals surface area contributed by atoms with Crippen molar-refractivity contribution in [2.45, 2.75) is 45.4 Å². The van der Waals surface area contributed by atoms with Crippen molar-refractivity contribution in [2.75, 3.05) is 31.1 Å². The molecule has 0 radical (unpaired) electrons. The molecule has 4 nitrogen and oxygen atoms in total. The van der Waals surface area contributed by atoms with Crippen LogP contribution in [0.2, 0.25) is 0 Å². The van der Waals surface area contributed by atoms with Crippen molar-refractivity contribution in [3.05, 3.63) is 23.9 Å². The number of carbonyl (C=O) groups excluding carboxylic acids is 1. The summed E-state index contributed by atoms with van der Waals surface area (Å²) in [5.74, 6) is 1.93. The van der Waals surface area contributed by atoms with E-state index in [0.29, 0.717) is 5.41 Å². The lowest BCUT2D eigenvalue weighted by Crippen LogP contribution is -2.38. The van der Waals surface area contributed by atoms with Gasteiger partial charge in [-0.15, -0.1) is 0 Å². The van der Waals surface area contributed by atoms with E-state index in [2.05, 4.69) is 16.8 Å². The van der Waals surface area contributed by atoms with Crippen LogP contribution < -0.4 is 4.90 Å². The maximum absolute atomic E-state index is 12.6. The van der Waals surface area contributed by atoms with Gasteiger partial charge in [-0.2, -0.15) is 0 Å². The van der Waals surface area contributed by atoms with Crippen molar-refractivity contribution in [1.82, 2.24) is 9.88 Å². The number of hydrogen-bond acceptors (Lipinski definition) is 3. The first-order valence-corrected chi connectivity index (χ1v) is 9.16. The van der Waals surface area contributed by atoms with E-state index in [1.165, 1.54) is 25.7 Å². The predicted molar refractivity (Wildman–Crippen MR) is 91.7 cm³/mol. The van der Waals surface area contributed by atoms with Crippen LogP contribution in [-0.2, 0) is 0 Å². The van der Waals surface area contributed by atoms with Gasteiger partial charge < -0.3 is 9.80 Å². The summed E-state index contributed by atoms with van der Waals surface area (Å²) >= 11 is 0. The fourth-order valence-corrected chi connectivity index (χ4v) is 4.08. The lowest BCUT2D eigenvalue weighted by Gasteiger charge is -2.34. The van der Waals surface area contributed by atoms with Crippen LogP contribution >= 0.6 is 0 Å². The second-order valence-corrected chi connectivity index (χ2v) is 7.90. The standard InChI is InChI=1S/C19H27N3O/c1-15-5-11-21(12-6-15)18(23)16-3-4-17(20-13-16)22-10-2-7-19(14-22)8-9-19/h3-4,13,15H,2,5-12,14H2,1H3. The molecule has 0 N–H and O–H groups in total. The Hall–Kier alpha value is -1.58. The molecule has 3 heterocycles. The minimum Gasteiger partial charge on any atom is -0.356 e. The molecule has 2 aliphatic heterocycles. The van der Waals surface area contributed by atoms with E-state index in [-0.39, 0.29) is 5.91 Å². The fourth-order valence-electron chi connectivity index (χ4n) is 4.08. The number of pyridine rings is 1. The minimum atomic E-state index is 0.147. The Bertz CT molecular complexity index is 571. The van der Waals surface area contributed by atoms with Gasteiger partial charge in [0, 0.05) is 32.4 Å². The van der Waals surface area contributed by atoms with Gasteiger partial charge in [-0.3, -0.25) is 4.79 Å². The third kappa shape index (κ3) is 3.08. The molecule has 124 valence electrons. The number of hydrogen-bond donors (Lipinski definition) is 0. The maximum Gasteiger partial charge on any atom is 0.255 e. The SMILES string of the molecule is CC1CCN(C(=O)c2ccc(N3CCCC4(CC4)C3)nc2)CC1. The summed E-state index contributed by atoms with van der Waals surface area (Å²) < 4.78 is 0. The van der Waals surface area contributed by atoms with Gasteiger partial charge in [0.2, 0.25) is 0 Å². The van der Waals surface area contributed by atoms with Crippen molar-refractivity contribution in [3.8, 4) is 0 Å². The van der Waals surface area contributed by atoms with E-state index in [1.807, 2.05) is 17.0 Å². The molecule has 1 aromatic rings. The van der Waals surface area contributed by atoms with Gasteiger partial charge >= 0.3 is 0 Å². The summed E-state index contributed by atoms with van der Waals surface area (Å²) in [5, 5.41) is 0. The minimum absolute atomic E-state index is 0.147. The fraction of sp³-hybridized carbons (Fsp3) is 0.684. The topological polar surface area (TPSA) is 36.4 Å². The zero-order valence-electron chi connectivity index (χ0n) is 14.1. The normalized spacial score (nSPS) is 24.0. The van der Waals surface area contributed by atoms with Gasteiger partial charge in [-0.25, -0.2) is 4.98 Å². The number of carbonyl (C=O) groups is 1. The third-order valence-corrected chi connectivity index (χ3v) is 6.01. The number of nitrogens with zero attached hydrogens (tertiary/aromatic N) is 3. The molecule has 4 rings (SSSR count). The van der Waals surface area contributed by atoms with E-state index in [4.69, 9.17) is 0 Å². The summed E-state index contributed by atoms with van der Waals surface area (Å²) in [6, 6.07) is 4.01. The van der Waals surface area contributed by atoms with Crippen LogP contribution in [0.5, 0.6) is 0 Å². The largest absolute Gasteiger partial charge is 0.356 e. The Morgan fingerprint density at radius 2 is 1.96 bits per heavy atom. The Morgan fingerprint density at radius 1 is 1.17 bits per heavy atom. The van der Waals surface area contributed by atoms with Crippen LogP contribution in [0.1, 0.15) is 55.8 Å². The van der Waals surface area contributed by atoms with Crippen LogP contribution in [0.3, 0.4) is 0 Å². The number of aromatic nitrogens is 1. The highest BCUT2D eigenvalue weighted by Crippen LogP contribution is 2.52. The van der Waals surface area contributed by atoms with E-state index < -0.39 is 0 Å². The summed E-state index contributed by atoms with van der Waals surface area (Å²) in [6.07, 6.45) is 9.44. The van der Waals surface area contributed by atoms with Crippen LogP contribution in [0.15, 0.2) is 18.3 Å². The molecule has 0 atom stereocenters. The van der Waals surface area contributed by atoms with Crippen molar-refractivity contribution in [2.24, 2.45) is 11.3 Å². The molecule has 1 aliphatic carbocycles. The Morgan fingerprint density at radius 3 is 2.61 bits per heavy atom. The molecule has 0 bridgehead atoms. The number of rotatable bonds is 2. The number of amides is 1. The first-order chi connectivity index (χ1) is 11.2. The molecule has 4 heteroatoms. The third-order valence-electron chi connectivity index (χ3n) is 6.01. The second kappa shape index (κ2) is 5.81. The van der Waals surface area contributed by atoms with Gasteiger partial charge in [-0.05, 0) is 62.0 Å². The predicted octanol–water partition coefficient (Wildman–Crippen LogP) is 3.33. The van der Waals surface area contributed by atoms with Crippen LogP contribution in [-0.4, -0.2) is 42.0 Å². The molecule has 2 saturated heterocycles. The van der Waals surface area contributed by atoms with E-state index >= 15 is 0 Å². The molecule has 1 aromatic heterocycles. The number of anilines is 1. The van der Waals surface area contributed by atoms with E-state index in [0.717, 1.165) is 56.3 Å². The van der Waals surface area contributed by atoms with Crippen LogP contribution in [0.4, 0.5) is 5.82 Å². The maximum atomic E-state index is 12.6. The lowest BCUT2D eigenvalue weighted by atomic mass is 9.95. The summed E-state index contributed by atoms with van der Waals surface area (Å²) in [5.41, 5.74) is 1.33. The summed E-state index contributed by atoms with van der Waals surface area (Å²) in [7, 11) is 0. The van der Waals surface area contributed by atoms with E-state index in [9.17, 15) is 4.79 Å². The van der Waals surface area contributed by atoms with Crippen LogP contribution in [0, 0.1) is 11.3 Å². The highest BCUT2D eigenvalue weighted by atomic mass is 16.2. The highest BCUT2D eigenvalue weighted by molar-refractivity contribution is 5.94. The molecule has 1 amide bonds. The van der Waals surface area contributed by atoms with Gasteiger partial charge in [0.05, 0.1) is 5.56 Å². The summed E-state index contributed by atoms with van der Waals surface area (Å²) in [6.45, 7) is 6.29. The number of likely N-dealkylation sites (tertiary alicyclic amines) is 1. The smallest absolute Gasteiger partial charge is 0.255 e. The van der Waals surface area contributed by atoms with Crippen molar-refractivity contribution >= 4 is 11.7 Å². The van der Waals surface area contributed by atoms with E-state index in [1.54, 1.807) is 6.20 Å². The Balaban J connectivity index is 1.42. The average Bonchev–Trinajstić information content (AvgIpc) is 3.33.